The van der Waals surface area contributed by atoms with Crippen LogP contribution in [0.2, 0.25) is 0 Å². The van der Waals surface area contributed by atoms with Gasteiger partial charge in [0.2, 0.25) is 11.8 Å². The zero-order valence-corrected chi connectivity index (χ0v) is 28.7. The SMILES string of the molecule is NCCOCCOCCOCCOCCOCCOCCOCCOCCOCCNc1cccc2c1C(=O)N(C1CCC(=O)NC1=O)C2=O. The van der Waals surface area contributed by atoms with Crippen molar-refractivity contribution in [3.8, 4) is 0 Å². The summed E-state index contributed by atoms with van der Waals surface area (Å²) in [5.74, 6) is -2.16. The van der Waals surface area contributed by atoms with Crippen molar-refractivity contribution >= 4 is 29.3 Å². The average Bonchev–Trinajstić information content (AvgIpc) is 3.36. The van der Waals surface area contributed by atoms with Crippen LogP contribution in [-0.4, -0.2) is 167 Å². The molecule has 50 heavy (non-hydrogen) atoms. The largest absolute Gasteiger partial charge is 0.382 e. The highest BCUT2D eigenvalue weighted by molar-refractivity contribution is 6.25. The van der Waals surface area contributed by atoms with Crippen molar-refractivity contribution in [2.75, 3.05) is 137 Å². The molecule has 1 atom stereocenters. The normalized spacial score (nSPS) is 15.9. The van der Waals surface area contributed by atoms with Crippen molar-refractivity contribution < 1.29 is 61.8 Å². The number of rotatable bonds is 31. The highest BCUT2D eigenvalue weighted by Gasteiger charge is 2.45. The van der Waals surface area contributed by atoms with Crippen LogP contribution in [0, 0.1) is 0 Å². The van der Waals surface area contributed by atoms with Crippen molar-refractivity contribution in [2.24, 2.45) is 5.73 Å². The van der Waals surface area contributed by atoms with Crippen LogP contribution < -0.4 is 16.4 Å². The van der Waals surface area contributed by atoms with E-state index in [2.05, 4.69) is 10.6 Å². The Kier molecular flexibility index (Phi) is 21.3. The second kappa shape index (κ2) is 25.8. The minimum Gasteiger partial charge on any atom is -0.382 e. The molecule has 2 aliphatic rings. The molecular weight excluding hydrogens is 660 g/mol. The molecule has 0 bridgehead atoms. The molecule has 2 aliphatic heterocycles. The Labute approximate surface area is 292 Å². The van der Waals surface area contributed by atoms with E-state index in [1.807, 2.05) is 0 Å². The van der Waals surface area contributed by atoms with Crippen LogP contribution in [0.15, 0.2) is 18.2 Å². The minimum atomic E-state index is -1.01. The number of piperidine rings is 1. The third kappa shape index (κ3) is 15.4. The summed E-state index contributed by atoms with van der Waals surface area (Å²) in [5, 5.41) is 5.33. The summed E-state index contributed by atoms with van der Waals surface area (Å²) in [6.07, 6.45) is 0.172. The first-order valence-electron chi connectivity index (χ1n) is 17.0. The molecule has 4 amide bonds. The van der Waals surface area contributed by atoms with E-state index in [0.717, 1.165) is 4.90 Å². The smallest absolute Gasteiger partial charge is 0.264 e. The van der Waals surface area contributed by atoms with Crippen molar-refractivity contribution in [1.29, 1.82) is 0 Å². The van der Waals surface area contributed by atoms with Gasteiger partial charge in [0.05, 0.1) is 130 Å². The van der Waals surface area contributed by atoms with E-state index >= 15 is 0 Å². The van der Waals surface area contributed by atoms with E-state index in [-0.39, 0.29) is 24.0 Å². The summed E-state index contributed by atoms with van der Waals surface area (Å²) < 4.78 is 48.9. The molecule has 282 valence electrons. The topological polar surface area (TPSA) is 205 Å². The average molecular weight is 713 g/mol. The summed E-state index contributed by atoms with van der Waals surface area (Å²) in [6.45, 7) is 9.29. The number of imide groups is 2. The van der Waals surface area contributed by atoms with Crippen molar-refractivity contribution in [1.82, 2.24) is 10.2 Å². The van der Waals surface area contributed by atoms with Gasteiger partial charge in [0.25, 0.3) is 11.8 Å². The number of nitrogens with zero attached hydrogens (tertiary/aromatic N) is 1. The number of ether oxygens (including phenoxy) is 9. The first-order valence-corrected chi connectivity index (χ1v) is 17.0. The molecule has 0 radical (unpaired) electrons. The van der Waals surface area contributed by atoms with Gasteiger partial charge in [-0.3, -0.25) is 29.4 Å². The molecule has 4 N–H and O–H groups in total. The first-order chi connectivity index (χ1) is 24.5. The number of anilines is 1. The van der Waals surface area contributed by atoms with Gasteiger partial charge in [-0.1, -0.05) is 6.07 Å². The Morgan fingerprint density at radius 3 is 1.50 bits per heavy atom. The zero-order chi connectivity index (χ0) is 35.7. The second-order valence-electron chi connectivity index (χ2n) is 10.9. The third-order valence-corrected chi connectivity index (χ3v) is 7.27. The van der Waals surface area contributed by atoms with Gasteiger partial charge in [0, 0.05) is 25.2 Å². The van der Waals surface area contributed by atoms with Gasteiger partial charge < -0.3 is 53.7 Å². The molecule has 17 heteroatoms. The Morgan fingerprint density at radius 1 is 0.620 bits per heavy atom. The fourth-order valence-corrected chi connectivity index (χ4v) is 4.86. The lowest BCUT2D eigenvalue weighted by Gasteiger charge is -2.27. The van der Waals surface area contributed by atoms with Crippen LogP contribution in [0.1, 0.15) is 33.6 Å². The lowest BCUT2D eigenvalue weighted by atomic mass is 10.0. The standard InChI is InChI=1S/C33H52N4O13/c34-6-8-42-10-12-44-14-16-46-18-20-48-22-24-50-25-23-49-21-19-47-17-15-45-13-11-43-9-7-35-27-3-1-2-26-30(27)33(41)37(32(26)40)28-4-5-29(38)36-31(28)39/h1-3,28,35H,4-25,34H2,(H,36,38,39). The van der Waals surface area contributed by atoms with E-state index in [0.29, 0.717) is 138 Å². The molecule has 0 aliphatic carbocycles. The molecule has 0 aromatic heterocycles. The Hall–Kier alpha value is -3.10. The summed E-state index contributed by atoms with van der Waals surface area (Å²) >= 11 is 0. The van der Waals surface area contributed by atoms with E-state index in [1.165, 1.54) is 0 Å². The van der Waals surface area contributed by atoms with Gasteiger partial charge in [-0.05, 0) is 18.6 Å². The van der Waals surface area contributed by atoms with Crippen LogP contribution in [0.4, 0.5) is 5.69 Å². The monoisotopic (exact) mass is 712 g/mol. The minimum absolute atomic E-state index is 0.0669. The number of fused-ring (bicyclic) bond motifs is 1. The summed E-state index contributed by atoms with van der Waals surface area (Å²) in [6, 6.07) is 3.90. The van der Waals surface area contributed by atoms with E-state index in [4.69, 9.17) is 48.4 Å². The molecule has 1 aromatic carbocycles. The summed E-state index contributed by atoms with van der Waals surface area (Å²) in [5.41, 5.74) is 6.24. The molecule has 17 nitrogen and oxygen atoms in total. The number of carbonyl (C=O) groups is 4. The molecule has 1 aromatic rings. The predicted octanol–water partition coefficient (Wildman–Crippen LogP) is -0.392. The summed E-state index contributed by atoms with van der Waals surface area (Å²) in [4.78, 5) is 50.8. The highest BCUT2D eigenvalue weighted by Crippen LogP contribution is 2.32. The number of hydrogen-bond donors (Lipinski definition) is 3. The molecule has 1 fully saturated rings. The predicted molar refractivity (Wildman–Crippen MR) is 178 cm³/mol. The molecule has 1 saturated heterocycles. The quantitative estimate of drug-likeness (QED) is 0.0663. The molecule has 3 rings (SSSR count). The van der Waals surface area contributed by atoms with Gasteiger partial charge >= 0.3 is 0 Å². The van der Waals surface area contributed by atoms with E-state index < -0.39 is 29.7 Å². The van der Waals surface area contributed by atoms with Crippen LogP contribution in [-0.2, 0) is 52.2 Å². The third-order valence-electron chi connectivity index (χ3n) is 7.27. The van der Waals surface area contributed by atoms with Crippen LogP contribution in [0.5, 0.6) is 0 Å². The van der Waals surface area contributed by atoms with E-state index in [9.17, 15) is 19.2 Å². The lowest BCUT2D eigenvalue weighted by molar-refractivity contribution is -0.136. The Balaban J connectivity index is 1.06. The Bertz CT molecular complexity index is 1160. The van der Waals surface area contributed by atoms with Crippen molar-refractivity contribution in [3.05, 3.63) is 29.3 Å². The van der Waals surface area contributed by atoms with Crippen molar-refractivity contribution in [2.45, 2.75) is 18.9 Å². The number of nitrogens with two attached hydrogens (primary N) is 1. The molecule has 2 heterocycles. The number of amides is 4. The zero-order valence-electron chi connectivity index (χ0n) is 28.7. The second-order valence-corrected chi connectivity index (χ2v) is 10.9. The van der Waals surface area contributed by atoms with Gasteiger partial charge in [-0.15, -0.1) is 0 Å². The van der Waals surface area contributed by atoms with E-state index in [1.54, 1.807) is 18.2 Å². The number of nitrogens with one attached hydrogen (secondary N) is 2. The fraction of sp³-hybridized carbons (Fsp3) is 0.697. The maximum absolute atomic E-state index is 13.1. The molecule has 1 unspecified atom stereocenters. The molecular formula is C33H52N4O13. The highest BCUT2D eigenvalue weighted by atomic mass is 16.6. The van der Waals surface area contributed by atoms with Crippen LogP contribution >= 0.6 is 0 Å². The maximum Gasteiger partial charge on any atom is 0.264 e. The van der Waals surface area contributed by atoms with Gasteiger partial charge in [0.1, 0.15) is 6.04 Å². The maximum atomic E-state index is 13.1. The van der Waals surface area contributed by atoms with Crippen molar-refractivity contribution in [3.63, 3.8) is 0 Å². The lowest BCUT2D eigenvalue weighted by Crippen LogP contribution is -2.54. The fourth-order valence-electron chi connectivity index (χ4n) is 4.86. The van der Waals surface area contributed by atoms with Crippen LogP contribution in [0.3, 0.4) is 0 Å². The number of hydrogen-bond acceptors (Lipinski definition) is 15. The summed E-state index contributed by atoms with van der Waals surface area (Å²) in [7, 11) is 0. The van der Waals surface area contributed by atoms with Gasteiger partial charge in [0.15, 0.2) is 0 Å². The van der Waals surface area contributed by atoms with Crippen LogP contribution in [0.25, 0.3) is 0 Å². The number of carbonyl (C=O) groups excluding carboxylic acids is 4. The molecule has 0 saturated carbocycles. The first kappa shape index (κ1) is 41.3. The molecule has 0 spiro atoms. The number of benzene rings is 1. The Morgan fingerprint density at radius 2 is 1.06 bits per heavy atom. The van der Waals surface area contributed by atoms with Gasteiger partial charge in [-0.2, -0.15) is 0 Å². The van der Waals surface area contributed by atoms with Gasteiger partial charge in [-0.25, -0.2) is 0 Å².